The SMILES string of the molecule is CN(CCCC(=O)O)C(=O)c1c[nH]c(=O)cn1. The molecule has 0 fully saturated rings. The Labute approximate surface area is 97.1 Å². The van der Waals surface area contributed by atoms with Gasteiger partial charge in [-0.15, -0.1) is 0 Å². The van der Waals surface area contributed by atoms with Crippen LogP contribution in [0.25, 0.3) is 0 Å². The van der Waals surface area contributed by atoms with Crippen LogP contribution in [0.2, 0.25) is 0 Å². The molecule has 0 aliphatic rings. The molecule has 1 rings (SSSR count). The molecule has 1 aromatic rings. The van der Waals surface area contributed by atoms with Gasteiger partial charge in [-0.2, -0.15) is 0 Å². The standard InChI is InChI=1S/C10H13N3O4/c1-13(4-2-3-9(15)16)10(17)7-5-12-8(14)6-11-7/h5-6H,2-4H2,1H3,(H,12,14)(H,15,16). The molecule has 0 saturated heterocycles. The highest BCUT2D eigenvalue weighted by atomic mass is 16.4. The van der Waals surface area contributed by atoms with Gasteiger partial charge in [0.05, 0.1) is 6.20 Å². The largest absolute Gasteiger partial charge is 0.481 e. The van der Waals surface area contributed by atoms with Crippen molar-refractivity contribution in [2.75, 3.05) is 13.6 Å². The Kier molecular flexibility index (Phi) is 4.38. The zero-order valence-corrected chi connectivity index (χ0v) is 9.34. The summed E-state index contributed by atoms with van der Waals surface area (Å²) in [5, 5.41) is 8.46. The number of aliphatic carboxylic acids is 1. The Morgan fingerprint density at radius 3 is 2.76 bits per heavy atom. The molecule has 0 aliphatic heterocycles. The Morgan fingerprint density at radius 1 is 1.53 bits per heavy atom. The zero-order valence-electron chi connectivity index (χ0n) is 9.34. The van der Waals surface area contributed by atoms with Crippen LogP contribution in [0.3, 0.4) is 0 Å². The van der Waals surface area contributed by atoms with Gasteiger partial charge in [0.1, 0.15) is 5.69 Å². The van der Waals surface area contributed by atoms with Gasteiger partial charge >= 0.3 is 5.97 Å². The average Bonchev–Trinajstić information content (AvgIpc) is 2.28. The summed E-state index contributed by atoms with van der Waals surface area (Å²) in [5.74, 6) is -1.25. The van der Waals surface area contributed by atoms with Crippen LogP contribution in [0.1, 0.15) is 23.3 Å². The van der Waals surface area contributed by atoms with E-state index in [0.717, 1.165) is 6.20 Å². The third-order valence-electron chi connectivity index (χ3n) is 2.12. The molecule has 0 spiro atoms. The van der Waals surface area contributed by atoms with Gasteiger partial charge in [0.2, 0.25) is 0 Å². The molecule has 1 heterocycles. The summed E-state index contributed by atoms with van der Waals surface area (Å²) in [6.45, 7) is 0.325. The number of hydrogen-bond donors (Lipinski definition) is 2. The summed E-state index contributed by atoms with van der Waals surface area (Å²) < 4.78 is 0. The van der Waals surface area contributed by atoms with E-state index in [4.69, 9.17) is 5.11 Å². The quantitative estimate of drug-likeness (QED) is 0.734. The van der Waals surface area contributed by atoms with Gasteiger partial charge in [0.15, 0.2) is 0 Å². The Bertz CT molecular complexity index is 448. The Hall–Kier alpha value is -2.18. The van der Waals surface area contributed by atoms with Gasteiger partial charge in [-0.05, 0) is 6.42 Å². The van der Waals surface area contributed by atoms with Crippen LogP contribution < -0.4 is 5.56 Å². The van der Waals surface area contributed by atoms with E-state index in [9.17, 15) is 14.4 Å². The number of carboxylic acid groups (broad SMARTS) is 1. The fourth-order valence-electron chi connectivity index (χ4n) is 1.22. The highest BCUT2D eigenvalue weighted by molar-refractivity contribution is 5.91. The summed E-state index contributed by atoms with van der Waals surface area (Å²) in [4.78, 5) is 40.2. The van der Waals surface area contributed by atoms with Crippen molar-refractivity contribution < 1.29 is 14.7 Å². The van der Waals surface area contributed by atoms with Crippen LogP contribution in [-0.2, 0) is 4.79 Å². The highest BCUT2D eigenvalue weighted by Crippen LogP contribution is 1.99. The fourth-order valence-corrected chi connectivity index (χ4v) is 1.22. The maximum absolute atomic E-state index is 11.7. The number of amides is 1. The van der Waals surface area contributed by atoms with Crippen molar-refractivity contribution in [1.29, 1.82) is 0 Å². The fraction of sp³-hybridized carbons (Fsp3) is 0.400. The molecule has 0 saturated carbocycles. The van der Waals surface area contributed by atoms with E-state index in [1.165, 1.54) is 11.1 Å². The third kappa shape index (κ3) is 4.06. The van der Waals surface area contributed by atoms with Crippen LogP contribution in [-0.4, -0.2) is 45.4 Å². The predicted molar refractivity (Wildman–Crippen MR) is 58.7 cm³/mol. The van der Waals surface area contributed by atoms with Gasteiger partial charge < -0.3 is 15.0 Å². The summed E-state index contributed by atoms with van der Waals surface area (Å²) in [7, 11) is 1.55. The number of carbonyl (C=O) groups is 2. The van der Waals surface area contributed by atoms with E-state index >= 15 is 0 Å². The van der Waals surface area contributed by atoms with Crippen molar-refractivity contribution in [3.8, 4) is 0 Å². The maximum Gasteiger partial charge on any atom is 0.303 e. The number of aromatic nitrogens is 2. The second-order valence-corrected chi connectivity index (χ2v) is 3.52. The molecule has 92 valence electrons. The zero-order chi connectivity index (χ0) is 12.8. The molecule has 7 heteroatoms. The molecule has 2 N–H and O–H groups in total. The van der Waals surface area contributed by atoms with E-state index < -0.39 is 5.97 Å². The van der Waals surface area contributed by atoms with E-state index in [-0.39, 0.29) is 23.6 Å². The third-order valence-corrected chi connectivity index (χ3v) is 2.12. The van der Waals surface area contributed by atoms with Crippen LogP contribution >= 0.6 is 0 Å². The Balaban J connectivity index is 2.54. The monoisotopic (exact) mass is 239 g/mol. The molecule has 0 aromatic carbocycles. The molecule has 7 nitrogen and oxygen atoms in total. The second-order valence-electron chi connectivity index (χ2n) is 3.52. The number of aromatic amines is 1. The molecular weight excluding hydrogens is 226 g/mol. The van der Waals surface area contributed by atoms with Crippen LogP contribution in [0.4, 0.5) is 0 Å². The summed E-state index contributed by atoms with van der Waals surface area (Å²) in [6, 6.07) is 0. The molecule has 17 heavy (non-hydrogen) atoms. The molecule has 0 atom stereocenters. The van der Waals surface area contributed by atoms with E-state index in [2.05, 4.69) is 9.97 Å². The molecule has 1 aromatic heterocycles. The lowest BCUT2D eigenvalue weighted by molar-refractivity contribution is -0.137. The lowest BCUT2D eigenvalue weighted by Gasteiger charge is -2.15. The van der Waals surface area contributed by atoms with Crippen molar-refractivity contribution in [3.63, 3.8) is 0 Å². The first kappa shape index (κ1) is 12.9. The van der Waals surface area contributed by atoms with Gasteiger partial charge in [-0.3, -0.25) is 14.4 Å². The number of rotatable bonds is 5. The van der Waals surface area contributed by atoms with Gasteiger partial charge in [0, 0.05) is 26.2 Å². The van der Waals surface area contributed by atoms with Gasteiger partial charge in [-0.1, -0.05) is 0 Å². The van der Waals surface area contributed by atoms with Crippen molar-refractivity contribution >= 4 is 11.9 Å². The van der Waals surface area contributed by atoms with Crippen LogP contribution in [0.5, 0.6) is 0 Å². The second kappa shape index (κ2) is 5.78. The minimum absolute atomic E-state index is 0.0106. The normalized spacial score (nSPS) is 9.94. The van der Waals surface area contributed by atoms with Crippen LogP contribution in [0, 0.1) is 0 Å². The molecule has 0 aliphatic carbocycles. The topological polar surface area (TPSA) is 103 Å². The van der Waals surface area contributed by atoms with Crippen molar-refractivity contribution in [3.05, 3.63) is 28.4 Å². The predicted octanol–water partition coefficient (Wildman–Crippen LogP) is -0.293. The number of nitrogens with one attached hydrogen (secondary N) is 1. The number of H-pyrrole nitrogens is 1. The maximum atomic E-state index is 11.7. The van der Waals surface area contributed by atoms with E-state index in [0.29, 0.717) is 13.0 Å². The minimum Gasteiger partial charge on any atom is -0.481 e. The van der Waals surface area contributed by atoms with E-state index in [1.54, 1.807) is 7.05 Å². The number of nitrogens with zero attached hydrogens (tertiary/aromatic N) is 2. The first-order chi connectivity index (χ1) is 8.00. The molecular formula is C10H13N3O4. The molecule has 0 unspecified atom stereocenters. The molecule has 0 bridgehead atoms. The van der Waals surface area contributed by atoms with Crippen molar-refractivity contribution in [2.24, 2.45) is 0 Å². The van der Waals surface area contributed by atoms with Gasteiger partial charge in [0.25, 0.3) is 11.5 Å². The van der Waals surface area contributed by atoms with Gasteiger partial charge in [-0.25, -0.2) is 4.98 Å². The number of carbonyl (C=O) groups excluding carboxylic acids is 1. The smallest absolute Gasteiger partial charge is 0.303 e. The first-order valence-corrected chi connectivity index (χ1v) is 5.02. The molecule has 0 radical (unpaired) electrons. The van der Waals surface area contributed by atoms with Crippen LogP contribution in [0.15, 0.2) is 17.2 Å². The lowest BCUT2D eigenvalue weighted by atomic mass is 10.3. The summed E-state index contributed by atoms with van der Waals surface area (Å²) in [6.07, 6.45) is 2.65. The minimum atomic E-state index is -0.895. The number of carboxylic acids is 1. The lowest BCUT2D eigenvalue weighted by Crippen LogP contribution is -2.29. The van der Waals surface area contributed by atoms with Crippen molar-refractivity contribution in [2.45, 2.75) is 12.8 Å². The first-order valence-electron chi connectivity index (χ1n) is 5.02. The summed E-state index contributed by atoms with van der Waals surface area (Å²) in [5.41, 5.74) is -0.252. The highest BCUT2D eigenvalue weighted by Gasteiger charge is 2.13. The van der Waals surface area contributed by atoms with Crippen molar-refractivity contribution in [1.82, 2.24) is 14.9 Å². The summed E-state index contributed by atoms with van der Waals surface area (Å²) >= 11 is 0. The average molecular weight is 239 g/mol. The molecule has 1 amide bonds. The Morgan fingerprint density at radius 2 is 2.24 bits per heavy atom. The number of hydrogen-bond acceptors (Lipinski definition) is 4. The van der Waals surface area contributed by atoms with E-state index in [1.807, 2.05) is 0 Å².